The van der Waals surface area contributed by atoms with Crippen LogP contribution < -0.4 is 5.32 Å². The number of fused-ring (bicyclic) bond motifs is 1. The van der Waals surface area contributed by atoms with Gasteiger partial charge in [0.1, 0.15) is 5.82 Å². The summed E-state index contributed by atoms with van der Waals surface area (Å²) in [4.78, 5) is 32.4. The van der Waals surface area contributed by atoms with Gasteiger partial charge in [-0.05, 0) is 44.5 Å². The number of nitrogens with zero attached hydrogens (tertiary/aromatic N) is 4. The summed E-state index contributed by atoms with van der Waals surface area (Å²) < 4.78 is 1.57. The highest BCUT2D eigenvalue weighted by Gasteiger charge is 2.33. The number of benzene rings is 1. The first kappa shape index (κ1) is 17.8. The molecule has 0 bridgehead atoms. The lowest BCUT2D eigenvalue weighted by atomic mass is 9.85. The third kappa shape index (κ3) is 3.02. The van der Waals surface area contributed by atoms with Crippen molar-refractivity contribution >= 4 is 17.7 Å². The predicted molar refractivity (Wildman–Crippen MR) is 102 cm³/mol. The van der Waals surface area contributed by atoms with Gasteiger partial charge < -0.3 is 10.4 Å². The Bertz CT molecular complexity index is 1080. The van der Waals surface area contributed by atoms with E-state index in [1.165, 1.54) is 0 Å². The molecule has 1 aliphatic rings. The summed E-state index contributed by atoms with van der Waals surface area (Å²) in [7, 11) is 0. The quantitative estimate of drug-likeness (QED) is 0.726. The number of hydrogen-bond donors (Lipinski definition) is 2. The van der Waals surface area contributed by atoms with E-state index in [2.05, 4.69) is 20.4 Å². The molecule has 4 rings (SSSR count). The number of carbonyl (C=O) groups excluding carboxylic acids is 1. The predicted octanol–water partition coefficient (Wildman–Crippen LogP) is 2.76. The van der Waals surface area contributed by atoms with Gasteiger partial charge in [0, 0.05) is 29.3 Å². The Kier molecular flexibility index (Phi) is 4.18. The van der Waals surface area contributed by atoms with Crippen LogP contribution in [0.15, 0.2) is 30.3 Å². The van der Waals surface area contributed by atoms with Gasteiger partial charge in [-0.2, -0.15) is 9.78 Å². The molecule has 0 saturated carbocycles. The van der Waals surface area contributed by atoms with Crippen LogP contribution in [0.25, 0.3) is 5.95 Å². The van der Waals surface area contributed by atoms with Crippen molar-refractivity contribution in [3.63, 3.8) is 0 Å². The van der Waals surface area contributed by atoms with Crippen LogP contribution in [0.2, 0.25) is 0 Å². The van der Waals surface area contributed by atoms with Crippen LogP contribution in [0, 0.1) is 20.8 Å². The fraction of sp³-hybridized carbons (Fsp3) is 0.250. The molecule has 0 aliphatic carbocycles. The fourth-order valence-electron chi connectivity index (χ4n) is 3.64. The lowest BCUT2D eigenvalue weighted by Crippen LogP contribution is -2.25. The van der Waals surface area contributed by atoms with Crippen molar-refractivity contribution in [1.29, 1.82) is 0 Å². The Morgan fingerprint density at radius 2 is 1.79 bits per heavy atom. The number of anilines is 1. The van der Waals surface area contributed by atoms with Crippen LogP contribution in [0.5, 0.6) is 0 Å². The van der Waals surface area contributed by atoms with Gasteiger partial charge in [-0.15, -0.1) is 0 Å². The molecule has 8 nitrogen and oxygen atoms in total. The van der Waals surface area contributed by atoms with Crippen molar-refractivity contribution in [3.05, 3.63) is 64.1 Å². The van der Waals surface area contributed by atoms with Crippen LogP contribution in [0.3, 0.4) is 0 Å². The molecule has 142 valence electrons. The van der Waals surface area contributed by atoms with Crippen LogP contribution in [0.4, 0.5) is 5.82 Å². The van der Waals surface area contributed by atoms with E-state index in [-0.39, 0.29) is 23.8 Å². The number of carboxylic acid groups (broad SMARTS) is 1. The first-order valence-electron chi connectivity index (χ1n) is 8.88. The molecule has 0 fully saturated rings. The Hall–Kier alpha value is -3.55. The lowest BCUT2D eigenvalue weighted by molar-refractivity contribution is -0.116. The smallest absolute Gasteiger partial charge is 0.335 e. The standard InChI is InChI=1S/C20H19N5O3/c1-10-8-11(2)22-20(21-10)25-18-17(12(3)24-25)15(9-16(26)23-18)13-4-6-14(7-5-13)19(27)28/h4-8,15H,9H2,1-3H3,(H,23,26)(H,27,28). The number of carbonyl (C=O) groups is 2. The van der Waals surface area contributed by atoms with E-state index in [1.54, 1.807) is 28.9 Å². The summed E-state index contributed by atoms with van der Waals surface area (Å²) in [6.45, 7) is 5.65. The van der Waals surface area contributed by atoms with Gasteiger partial charge >= 0.3 is 5.97 Å². The largest absolute Gasteiger partial charge is 0.478 e. The number of aromatic carboxylic acids is 1. The number of aromatic nitrogens is 4. The fourth-order valence-corrected chi connectivity index (χ4v) is 3.64. The number of nitrogens with one attached hydrogen (secondary N) is 1. The lowest BCUT2D eigenvalue weighted by Gasteiger charge is -2.24. The average Bonchev–Trinajstić information content (AvgIpc) is 2.97. The summed E-state index contributed by atoms with van der Waals surface area (Å²) in [5.74, 6) is -0.365. The van der Waals surface area contributed by atoms with Gasteiger partial charge in [-0.25, -0.2) is 14.8 Å². The molecule has 8 heteroatoms. The summed E-state index contributed by atoms with van der Waals surface area (Å²) in [6, 6.07) is 8.48. The normalized spacial score (nSPS) is 15.8. The summed E-state index contributed by atoms with van der Waals surface area (Å²) >= 11 is 0. The third-order valence-electron chi connectivity index (χ3n) is 4.82. The van der Waals surface area contributed by atoms with Gasteiger partial charge in [-0.3, -0.25) is 4.79 Å². The van der Waals surface area contributed by atoms with Crippen molar-refractivity contribution in [1.82, 2.24) is 19.7 Å². The molecule has 1 atom stereocenters. The number of rotatable bonds is 3. The molecule has 0 saturated heterocycles. The molecule has 3 aromatic rings. The topological polar surface area (TPSA) is 110 Å². The van der Waals surface area contributed by atoms with Crippen LogP contribution in [-0.4, -0.2) is 36.7 Å². The maximum absolute atomic E-state index is 12.4. The van der Waals surface area contributed by atoms with Gasteiger partial charge in [-0.1, -0.05) is 12.1 Å². The Morgan fingerprint density at radius 3 is 2.39 bits per heavy atom. The van der Waals surface area contributed by atoms with E-state index >= 15 is 0 Å². The Balaban J connectivity index is 1.84. The van der Waals surface area contributed by atoms with E-state index in [1.807, 2.05) is 26.8 Å². The van der Waals surface area contributed by atoms with Crippen LogP contribution in [-0.2, 0) is 4.79 Å². The molecular weight excluding hydrogens is 358 g/mol. The molecule has 28 heavy (non-hydrogen) atoms. The van der Waals surface area contributed by atoms with Gasteiger partial charge in [0.2, 0.25) is 5.91 Å². The van der Waals surface area contributed by atoms with Gasteiger partial charge in [0.05, 0.1) is 11.3 Å². The monoisotopic (exact) mass is 377 g/mol. The Morgan fingerprint density at radius 1 is 1.14 bits per heavy atom. The van der Waals surface area contributed by atoms with Crippen molar-refractivity contribution in [3.8, 4) is 5.95 Å². The zero-order chi connectivity index (χ0) is 20.0. The van der Waals surface area contributed by atoms with Crippen molar-refractivity contribution in [2.45, 2.75) is 33.1 Å². The van der Waals surface area contributed by atoms with Crippen molar-refractivity contribution in [2.24, 2.45) is 0 Å². The second-order valence-corrected chi connectivity index (χ2v) is 6.94. The molecule has 1 amide bonds. The number of amides is 1. The molecule has 2 N–H and O–H groups in total. The van der Waals surface area contributed by atoms with E-state index in [0.717, 1.165) is 28.2 Å². The van der Waals surface area contributed by atoms with Crippen molar-refractivity contribution in [2.75, 3.05) is 5.32 Å². The number of hydrogen-bond acceptors (Lipinski definition) is 5. The number of carboxylic acids is 1. The first-order valence-corrected chi connectivity index (χ1v) is 8.88. The van der Waals surface area contributed by atoms with Crippen molar-refractivity contribution < 1.29 is 14.7 Å². The third-order valence-corrected chi connectivity index (χ3v) is 4.82. The molecule has 3 heterocycles. The average molecular weight is 377 g/mol. The summed E-state index contributed by atoms with van der Waals surface area (Å²) in [5.41, 5.74) is 4.36. The SMILES string of the molecule is Cc1cc(C)nc(-n2nc(C)c3c2NC(=O)CC3c2ccc(C(=O)O)cc2)n1. The molecule has 2 aromatic heterocycles. The summed E-state index contributed by atoms with van der Waals surface area (Å²) in [6.07, 6.45) is 0.264. The Labute approximate surface area is 161 Å². The van der Waals surface area contributed by atoms with Crippen LogP contribution in [0.1, 0.15) is 50.9 Å². The molecule has 1 aliphatic heterocycles. The zero-order valence-electron chi connectivity index (χ0n) is 15.7. The van der Waals surface area contributed by atoms with E-state index in [0.29, 0.717) is 11.8 Å². The van der Waals surface area contributed by atoms with E-state index in [9.17, 15) is 9.59 Å². The molecule has 1 aromatic carbocycles. The first-order chi connectivity index (χ1) is 13.3. The van der Waals surface area contributed by atoms with E-state index in [4.69, 9.17) is 5.11 Å². The highest BCUT2D eigenvalue weighted by Crippen LogP contribution is 2.39. The highest BCUT2D eigenvalue weighted by atomic mass is 16.4. The maximum atomic E-state index is 12.4. The minimum atomic E-state index is -0.982. The molecular formula is C20H19N5O3. The molecule has 0 spiro atoms. The minimum absolute atomic E-state index is 0.134. The molecule has 0 radical (unpaired) electrons. The van der Waals surface area contributed by atoms with Crippen LogP contribution >= 0.6 is 0 Å². The number of aryl methyl sites for hydroxylation is 3. The zero-order valence-corrected chi connectivity index (χ0v) is 15.7. The van der Waals surface area contributed by atoms with E-state index < -0.39 is 5.97 Å². The second kappa shape index (κ2) is 6.56. The highest BCUT2D eigenvalue weighted by molar-refractivity contribution is 5.95. The van der Waals surface area contributed by atoms with Gasteiger partial charge in [0.25, 0.3) is 5.95 Å². The second-order valence-electron chi connectivity index (χ2n) is 6.94. The maximum Gasteiger partial charge on any atom is 0.335 e. The summed E-state index contributed by atoms with van der Waals surface area (Å²) in [5, 5.41) is 16.6. The molecule has 1 unspecified atom stereocenters. The van der Waals surface area contributed by atoms with Gasteiger partial charge in [0.15, 0.2) is 0 Å². The minimum Gasteiger partial charge on any atom is -0.478 e.